The number of aryl methyl sites for hydroxylation is 1. The monoisotopic (exact) mass is 494 g/mol. The zero-order chi connectivity index (χ0) is 24.7. The Bertz CT molecular complexity index is 1470. The fourth-order valence-electron chi connectivity index (χ4n) is 4.32. The second-order valence-electron chi connectivity index (χ2n) is 8.36. The van der Waals surface area contributed by atoms with Crippen molar-refractivity contribution >= 4 is 23.1 Å². The summed E-state index contributed by atoms with van der Waals surface area (Å²) in [6, 6.07) is 11.5. The highest BCUT2D eigenvalue weighted by Gasteiger charge is 2.28. The van der Waals surface area contributed by atoms with Gasteiger partial charge >= 0.3 is 6.09 Å². The molecule has 4 aromatic rings. The van der Waals surface area contributed by atoms with Gasteiger partial charge in [0.2, 0.25) is 0 Å². The number of ether oxygens (including phenoxy) is 1. The Hall–Kier alpha value is -3.81. The number of amides is 1. The van der Waals surface area contributed by atoms with E-state index < -0.39 is 23.8 Å². The third kappa shape index (κ3) is 4.36. The molecule has 35 heavy (non-hydrogen) atoms. The molecular weight excluding hydrogens is 474 g/mol. The van der Waals surface area contributed by atoms with Crippen molar-refractivity contribution in [1.82, 2.24) is 14.3 Å². The number of nitrogens with zero attached hydrogens (tertiary/aromatic N) is 4. The van der Waals surface area contributed by atoms with Crippen LogP contribution in [-0.4, -0.2) is 51.3 Å². The maximum Gasteiger partial charge on any atom is 0.407 e. The number of morpholine rings is 1. The molecular formula is C25H20F2N4O3S. The third-order valence-corrected chi connectivity index (χ3v) is 7.03. The molecule has 3 aromatic heterocycles. The second-order valence-corrected chi connectivity index (χ2v) is 9.44. The van der Waals surface area contributed by atoms with Gasteiger partial charge in [-0.25, -0.2) is 18.6 Å². The van der Waals surface area contributed by atoms with Gasteiger partial charge in [-0.3, -0.25) is 0 Å². The highest BCUT2D eigenvalue weighted by Crippen LogP contribution is 2.36. The van der Waals surface area contributed by atoms with E-state index in [0.717, 1.165) is 16.9 Å². The van der Waals surface area contributed by atoms with Crippen LogP contribution in [0.25, 0.3) is 27.3 Å². The Morgan fingerprint density at radius 3 is 2.74 bits per heavy atom. The first-order valence-electron chi connectivity index (χ1n) is 10.9. The van der Waals surface area contributed by atoms with E-state index in [9.17, 15) is 9.90 Å². The lowest BCUT2D eigenvalue weighted by atomic mass is 10.0. The SMILES string of the molecule is Cc1ccn2c(CC3CN(C(=O)O)CCO3)c(-c3c(F)cc(-c4ccc(C#N)s4)cc3F)nc2c1. The number of carbonyl (C=O) groups is 1. The number of hydrogen-bond donors (Lipinski definition) is 1. The lowest BCUT2D eigenvalue weighted by Gasteiger charge is -2.31. The number of hydrogen-bond acceptors (Lipinski definition) is 5. The molecule has 1 atom stereocenters. The van der Waals surface area contributed by atoms with Crippen LogP contribution in [0.15, 0.2) is 42.6 Å². The van der Waals surface area contributed by atoms with E-state index in [1.807, 2.05) is 25.1 Å². The van der Waals surface area contributed by atoms with Gasteiger partial charge in [-0.1, -0.05) is 0 Å². The molecule has 0 bridgehead atoms. The van der Waals surface area contributed by atoms with E-state index in [1.165, 1.54) is 17.0 Å². The van der Waals surface area contributed by atoms with Crippen molar-refractivity contribution in [3.05, 3.63) is 70.4 Å². The van der Waals surface area contributed by atoms with Crippen LogP contribution >= 0.6 is 11.3 Å². The molecule has 5 rings (SSSR count). The van der Waals surface area contributed by atoms with Gasteiger partial charge in [0.15, 0.2) is 0 Å². The molecule has 1 saturated heterocycles. The average Bonchev–Trinajstić information content (AvgIpc) is 3.44. The molecule has 1 fully saturated rings. The Morgan fingerprint density at radius 1 is 1.29 bits per heavy atom. The van der Waals surface area contributed by atoms with Gasteiger partial charge in [-0.15, -0.1) is 11.3 Å². The lowest BCUT2D eigenvalue weighted by molar-refractivity contribution is -0.0214. The molecule has 7 nitrogen and oxygen atoms in total. The first kappa shape index (κ1) is 23.0. The molecule has 1 aromatic carbocycles. The Kier molecular flexibility index (Phi) is 5.96. The van der Waals surface area contributed by atoms with Crippen LogP contribution in [0.3, 0.4) is 0 Å². The number of benzene rings is 1. The second kappa shape index (κ2) is 9.09. The maximum absolute atomic E-state index is 15.4. The fourth-order valence-corrected chi connectivity index (χ4v) is 5.11. The highest BCUT2D eigenvalue weighted by atomic mass is 32.1. The summed E-state index contributed by atoms with van der Waals surface area (Å²) < 4.78 is 38.4. The molecule has 0 aliphatic carbocycles. The number of carboxylic acid groups (broad SMARTS) is 1. The van der Waals surface area contributed by atoms with E-state index in [4.69, 9.17) is 10.00 Å². The molecule has 1 N–H and O–H groups in total. The van der Waals surface area contributed by atoms with Gasteiger partial charge in [-0.05, 0) is 54.4 Å². The van der Waals surface area contributed by atoms with Gasteiger partial charge in [-0.2, -0.15) is 5.26 Å². The molecule has 1 unspecified atom stereocenters. The number of halogens is 2. The van der Waals surface area contributed by atoms with Crippen LogP contribution in [0, 0.1) is 29.9 Å². The largest absolute Gasteiger partial charge is 0.465 e. The van der Waals surface area contributed by atoms with Crippen molar-refractivity contribution in [2.24, 2.45) is 0 Å². The van der Waals surface area contributed by atoms with Crippen LogP contribution in [-0.2, 0) is 11.2 Å². The molecule has 0 saturated carbocycles. The Balaban J connectivity index is 1.60. The van der Waals surface area contributed by atoms with Crippen LogP contribution in [0.1, 0.15) is 16.1 Å². The lowest BCUT2D eigenvalue weighted by Crippen LogP contribution is -2.45. The number of pyridine rings is 1. The highest BCUT2D eigenvalue weighted by molar-refractivity contribution is 7.16. The van der Waals surface area contributed by atoms with Crippen molar-refractivity contribution in [2.45, 2.75) is 19.4 Å². The van der Waals surface area contributed by atoms with Crippen LogP contribution in [0.5, 0.6) is 0 Å². The predicted octanol–water partition coefficient (Wildman–Crippen LogP) is 5.11. The van der Waals surface area contributed by atoms with Crippen molar-refractivity contribution in [3.8, 4) is 27.8 Å². The zero-order valence-corrected chi connectivity index (χ0v) is 19.5. The summed E-state index contributed by atoms with van der Waals surface area (Å²) in [4.78, 5) is 18.3. The number of rotatable bonds is 4. The molecule has 10 heteroatoms. The van der Waals surface area contributed by atoms with Crippen molar-refractivity contribution < 1.29 is 23.4 Å². The van der Waals surface area contributed by atoms with Crippen LogP contribution in [0.2, 0.25) is 0 Å². The van der Waals surface area contributed by atoms with Crippen molar-refractivity contribution in [1.29, 1.82) is 5.26 Å². The molecule has 0 radical (unpaired) electrons. The van der Waals surface area contributed by atoms with Crippen LogP contribution in [0.4, 0.5) is 13.6 Å². The first-order chi connectivity index (χ1) is 16.8. The number of fused-ring (bicyclic) bond motifs is 1. The summed E-state index contributed by atoms with van der Waals surface area (Å²) in [6.45, 7) is 2.56. The number of imidazole rings is 1. The minimum atomic E-state index is -1.03. The maximum atomic E-state index is 15.4. The first-order valence-corrected chi connectivity index (χ1v) is 11.7. The van der Waals surface area contributed by atoms with Gasteiger partial charge in [0.05, 0.1) is 36.2 Å². The zero-order valence-electron chi connectivity index (χ0n) is 18.7. The summed E-state index contributed by atoms with van der Waals surface area (Å²) in [6.07, 6.45) is 0.488. The minimum absolute atomic E-state index is 0.150. The standard InChI is InChI=1S/C25H20F2N4O3S/c1-14-4-5-31-20(11-16-13-30(25(32)33)6-7-34-16)24(29-22(31)8-14)23-18(26)9-15(10-19(23)27)21-3-2-17(12-28)35-21/h2-5,8-10,16H,6-7,11,13H2,1H3,(H,32,33). The quantitative estimate of drug-likeness (QED) is 0.426. The van der Waals surface area contributed by atoms with Crippen LogP contribution < -0.4 is 0 Å². The summed E-state index contributed by atoms with van der Waals surface area (Å²) in [5.74, 6) is -1.55. The van der Waals surface area contributed by atoms with Crippen molar-refractivity contribution in [3.63, 3.8) is 0 Å². The third-order valence-electron chi connectivity index (χ3n) is 5.99. The molecule has 1 aliphatic heterocycles. The van der Waals surface area contributed by atoms with Crippen molar-refractivity contribution in [2.75, 3.05) is 19.7 Å². The predicted molar refractivity (Wildman–Crippen MR) is 126 cm³/mol. The molecule has 178 valence electrons. The topological polar surface area (TPSA) is 90.9 Å². The summed E-state index contributed by atoms with van der Waals surface area (Å²) in [7, 11) is 0. The number of thiophene rings is 1. The molecule has 1 amide bonds. The van der Waals surface area contributed by atoms with Gasteiger partial charge < -0.3 is 19.1 Å². The van der Waals surface area contributed by atoms with Gasteiger partial charge in [0, 0.05) is 24.0 Å². The number of aromatic nitrogens is 2. The van der Waals surface area contributed by atoms with E-state index in [2.05, 4.69) is 4.98 Å². The van der Waals surface area contributed by atoms with E-state index in [0.29, 0.717) is 26.7 Å². The van der Waals surface area contributed by atoms with E-state index in [1.54, 1.807) is 22.7 Å². The Morgan fingerprint density at radius 2 is 2.06 bits per heavy atom. The average molecular weight is 495 g/mol. The fraction of sp³-hybridized carbons (Fsp3) is 0.240. The molecule has 0 spiro atoms. The summed E-state index contributed by atoms with van der Waals surface area (Å²) in [5.41, 5.74) is 2.23. The summed E-state index contributed by atoms with van der Waals surface area (Å²) in [5, 5.41) is 18.4. The molecule has 1 aliphatic rings. The normalized spacial score (nSPS) is 15.9. The van der Waals surface area contributed by atoms with E-state index >= 15 is 8.78 Å². The van der Waals surface area contributed by atoms with E-state index in [-0.39, 0.29) is 37.4 Å². The smallest absolute Gasteiger partial charge is 0.407 e. The molecule has 4 heterocycles. The van der Waals surface area contributed by atoms with Gasteiger partial charge in [0.1, 0.15) is 28.2 Å². The summed E-state index contributed by atoms with van der Waals surface area (Å²) >= 11 is 1.16. The Labute approximate surface area is 203 Å². The number of nitriles is 1. The van der Waals surface area contributed by atoms with Gasteiger partial charge in [0.25, 0.3) is 0 Å². The minimum Gasteiger partial charge on any atom is -0.465 e.